The van der Waals surface area contributed by atoms with Gasteiger partial charge in [0.25, 0.3) is 0 Å². The van der Waals surface area contributed by atoms with Gasteiger partial charge < -0.3 is 0 Å². The van der Waals surface area contributed by atoms with Gasteiger partial charge in [0.2, 0.25) is 0 Å². The van der Waals surface area contributed by atoms with Gasteiger partial charge >= 0.3 is 0 Å². The van der Waals surface area contributed by atoms with E-state index in [4.69, 9.17) is 9.97 Å². The largest absolute Gasteiger partial charge is 0.228 e. The van der Waals surface area contributed by atoms with Gasteiger partial charge in [-0.2, -0.15) is 0 Å². The van der Waals surface area contributed by atoms with Gasteiger partial charge in [-0.05, 0) is 84.3 Å². The summed E-state index contributed by atoms with van der Waals surface area (Å²) in [6.45, 7) is 4.69. The smallest absolute Gasteiger partial charge is 0.160 e. The van der Waals surface area contributed by atoms with Crippen molar-refractivity contribution in [2.45, 2.75) is 19.3 Å². The molecule has 0 radical (unpaired) electrons. The highest BCUT2D eigenvalue weighted by Gasteiger charge is 2.37. The minimum atomic E-state index is -0.138. The minimum absolute atomic E-state index is 0.138. The highest BCUT2D eigenvalue weighted by Crippen LogP contribution is 2.53. The number of hydrogen-bond donors (Lipinski definition) is 0. The third-order valence-electron chi connectivity index (χ3n) is 11.1. The highest BCUT2D eigenvalue weighted by atomic mass is 14.9. The van der Waals surface area contributed by atoms with Gasteiger partial charge in [-0.25, -0.2) is 9.97 Å². The Morgan fingerprint density at radius 2 is 0.943 bits per heavy atom. The normalized spacial score (nSPS) is 12.9. The average molecular weight is 677 g/mol. The maximum Gasteiger partial charge on any atom is 0.160 e. The molecule has 0 unspecified atom stereocenters. The number of rotatable bonds is 5. The summed E-state index contributed by atoms with van der Waals surface area (Å²) in [4.78, 5) is 10.5. The van der Waals surface area contributed by atoms with E-state index in [-0.39, 0.29) is 5.41 Å². The number of nitrogens with zero attached hydrogens (tertiary/aromatic N) is 2. The van der Waals surface area contributed by atoms with E-state index >= 15 is 0 Å². The molecule has 10 rings (SSSR count). The Kier molecular flexibility index (Phi) is 7.19. The number of aromatic nitrogens is 2. The van der Waals surface area contributed by atoms with Crippen molar-refractivity contribution in [2.24, 2.45) is 0 Å². The van der Waals surface area contributed by atoms with Crippen molar-refractivity contribution in [3.05, 3.63) is 193 Å². The molecule has 0 saturated heterocycles. The summed E-state index contributed by atoms with van der Waals surface area (Å²) in [5.74, 6) is 0.720. The van der Waals surface area contributed by atoms with Crippen LogP contribution in [0.15, 0.2) is 182 Å². The summed E-state index contributed by atoms with van der Waals surface area (Å²) in [5.41, 5.74) is 14.9. The molecule has 0 saturated carbocycles. The van der Waals surface area contributed by atoms with Gasteiger partial charge in [0.15, 0.2) is 5.82 Å². The summed E-state index contributed by atoms with van der Waals surface area (Å²) in [7, 11) is 0. The molecule has 8 aromatic carbocycles. The highest BCUT2D eigenvalue weighted by molar-refractivity contribution is 6.01. The molecule has 53 heavy (non-hydrogen) atoms. The second kappa shape index (κ2) is 12.3. The maximum atomic E-state index is 5.28. The molecule has 1 aromatic heterocycles. The van der Waals surface area contributed by atoms with E-state index in [1.54, 1.807) is 0 Å². The van der Waals surface area contributed by atoms with Crippen LogP contribution >= 0.6 is 0 Å². The molecular formula is C51H36N2. The summed E-state index contributed by atoms with van der Waals surface area (Å²) in [6, 6.07) is 65.4. The van der Waals surface area contributed by atoms with Crippen LogP contribution in [0.2, 0.25) is 0 Å². The standard InChI is InChI=1S/C51H36N2/c1-51(2)45-25-13-24-43(49(45)44-30-37-17-6-7-18-38(37)31-46(44)51)48-32-47(52-50(53-48)36-15-4-3-5-16-36)35-28-26-34(27-29-35)40-21-10-11-22-41(40)42-23-12-19-33-14-8-9-20-39(33)42/h3-32H,1-2H3. The van der Waals surface area contributed by atoms with Gasteiger partial charge in [0, 0.05) is 22.1 Å². The Labute approximate surface area is 310 Å². The predicted octanol–water partition coefficient (Wildman–Crippen LogP) is 13.4. The van der Waals surface area contributed by atoms with Gasteiger partial charge in [0.1, 0.15) is 0 Å². The number of fused-ring (bicyclic) bond motifs is 5. The van der Waals surface area contributed by atoms with E-state index in [0.29, 0.717) is 0 Å². The zero-order chi connectivity index (χ0) is 35.5. The Balaban J connectivity index is 1.12. The Morgan fingerprint density at radius 1 is 0.358 bits per heavy atom. The lowest BCUT2D eigenvalue weighted by atomic mass is 9.81. The maximum absolute atomic E-state index is 5.28. The van der Waals surface area contributed by atoms with Gasteiger partial charge in [-0.15, -0.1) is 0 Å². The molecule has 0 N–H and O–H groups in total. The molecular weight excluding hydrogens is 641 g/mol. The van der Waals surface area contributed by atoms with Crippen molar-refractivity contribution in [1.82, 2.24) is 9.97 Å². The van der Waals surface area contributed by atoms with Crippen LogP contribution in [-0.4, -0.2) is 9.97 Å². The molecule has 0 fully saturated rings. The van der Waals surface area contributed by atoms with Crippen molar-refractivity contribution in [3.8, 4) is 67.3 Å². The zero-order valence-electron chi connectivity index (χ0n) is 29.7. The van der Waals surface area contributed by atoms with Gasteiger partial charge in [0.05, 0.1) is 11.4 Å². The van der Waals surface area contributed by atoms with Crippen molar-refractivity contribution < 1.29 is 0 Å². The summed E-state index contributed by atoms with van der Waals surface area (Å²) >= 11 is 0. The Hall–Kier alpha value is -6.64. The first-order chi connectivity index (χ1) is 26.0. The first-order valence-electron chi connectivity index (χ1n) is 18.3. The quantitative estimate of drug-likeness (QED) is 0.181. The number of hydrogen-bond acceptors (Lipinski definition) is 2. The second-order valence-electron chi connectivity index (χ2n) is 14.6. The topological polar surface area (TPSA) is 25.8 Å². The van der Waals surface area contributed by atoms with Gasteiger partial charge in [-0.1, -0.05) is 178 Å². The van der Waals surface area contributed by atoms with E-state index in [1.807, 2.05) is 6.07 Å². The van der Waals surface area contributed by atoms with Crippen LogP contribution in [0.4, 0.5) is 0 Å². The van der Waals surface area contributed by atoms with Gasteiger partial charge in [-0.3, -0.25) is 0 Å². The lowest BCUT2D eigenvalue weighted by Crippen LogP contribution is -2.14. The Morgan fingerprint density at radius 3 is 1.75 bits per heavy atom. The first kappa shape index (κ1) is 31.1. The van der Waals surface area contributed by atoms with E-state index < -0.39 is 0 Å². The van der Waals surface area contributed by atoms with E-state index in [1.165, 1.54) is 66.1 Å². The molecule has 1 heterocycles. The molecule has 0 atom stereocenters. The fourth-order valence-corrected chi connectivity index (χ4v) is 8.39. The van der Waals surface area contributed by atoms with E-state index in [2.05, 4.69) is 190 Å². The Bertz CT molecular complexity index is 2840. The summed E-state index contributed by atoms with van der Waals surface area (Å²) in [5, 5.41) is 5.02. The van der Waals surface area contributed by atoms with E-state index in [0.717, 1.165) is 33.9 Å². The van der Waals surface area contributed by atoms with Crippen LogP contribution in [0.3, 0.4) is 0 Å². The second-order valence-corrected chi connectivity index (χ2v) is 14.6. The average Bonchev–Trinajstić information content (AvgIpc) is 3.45. The molecule has 0 spiro atoms. The molecule has 1 aliphatic rings. The molecule has 9 aromatic rings. The van der Waals surface area contributed by atoms with Crippen molar-refractivity contribution in [3.63, 3.8) is 0 Å². The molecule has 1 aliphatic carbocycles. The predicted molar refractivity (Wildman–Crippen MR) is 222 cm³/mol. The minimum Gasteiger partial charge on any atom is -0.228 e. The summed E-state index contributed by atoms with van der Waals surface area (Å²) < 4.78 is 0. The fraction of sp³-hybridized carbons (Fsp3) is 0.0588. The fourth-order valence-electron chi connectivity index (χ4n) is 8.39. The molecule has 0 aliphatic heterocycles. The van der Waals surface area contributed by atoms with Crippen LogP contribution in [0, 0.1) is 0 Å². The monoisotopic (exact) mass is 676 g/mol. The van der Waals surface area contributed by atoms with Crippen molar-refractivity contribution >= 4 is 21.5 Å². The van der Waals surface area contributed by atoms with Crippen LogP contribution < -0.4 is 0 Å². The lowest BCUT2D eigenvalue weighted by Gasteiger charge is -2.22. The SMILES string of the molecule is CC1(C)c2cc3ccccc3cc2-c2c(-c3cc(-c4ccc(-c5ccccc5-c5cccc6ccccc56)cc4)nc(-c4ccccc4)n3)cccc21. The van der Waals surface area contributed by atoms with E-state index in [9.17, 15) is 0 Å². The van der Waals surface area contributed by atoms with Crippen molar-refractivity contribution in [1.29, 1.82) is 0 Å². The molecule has 2 heteroatoms. The first-order valence-corrected chi connectivity index (χ1v) is 18.3. The molecule has 250 valence electrons. The third kappa shape index (κ3) is 5.18. The molecule has 0 amide bonds. The van der Waals surface area contributed by atoms with Crippen LogP contribution in [-0.2, 0) is 5.41 Å². The third-order valence-corrected chi connectivity index (χ3v) is 11.1. The number of benzene rings is 8. The van der Waals surface area contributed by atoms with Crippen LogP contribution in [0.5, 0.6) is 0 Å². The van der Waals surface area contributed by atoms with Crippen molar-refractivity contribution in [2.75, 3.05) is 0 Å². The molecule has 2 nitrogen and oxygen atoms in total. The summed E-state index contributed by atoms with van der Waals surface area (Å²) in [6.07, 6.45) is 0. The molecule has 0 bridgehead atoms. The van der Waals surface area contributed by atoms with Crippen LogP contribution in [0.25, 0.3) is 88.8 Å². The lowest BCUT2D eigenvalue weighted by molar-refractivity contribution is 0.661. The van der Waals surface area contributed by atoms with Crippen LogP contribution in [0.1, 0.15) is 25.0 Å². The zero-order valence-corrected chi connectivity index (χ0v) is 29.7.